The maximum absolute atomic E-state index is 11.7. The van der Waals surface area contributed by atoms with Crippen molar-refractivity contribution in [2.24, 2.45) is 11.7 Å². The van der Waals surface area contributed by atoms with Crippen molar-refractivity contribution in [3.63, 3.8) is 0 Å². The zero-order valence-corrected chi connectivity index (χ0v) is 13.5. The van der Waals surface area contributed by atoms with Gasteiger partial charge in [-0.15, -0.1) is 0 Å². The van der Waals surface area contributed by atoms with Gasteiger partial charge in [-0.05, 0) is 26.2 Å². The molecule has 0 saturated carbocycles. The van der Waals surface area contributed by atoms with Gasteiger partial charge in [0, 0.05) is 39.3 Å². The molecule has 1 aliphatic rings. The fourth-order valence-electron chi connectivity index (χ4n) is 2.50. The minimum Gasteiger partial charge on any atom is -0.465 e. The van der Waals surface area contributed by atoms with E-state index < -0.39 is 5.54 Å². The van der Waals surface area contributed by atoms with Crippen LogP contribution in [0.1, 0.15) is 34.1 Å². The lowest BCUT2D eigenvalue weighted by molar-refractivity contribution is -0.149. The highest BCUT2D eigenvalue weighted by Gasteiger charge is 2.30. The third kappa shape index (κ3) is 5.77. The van der Waals surface area contributed by atoms with Gasteiger partial charge in [0.15, 0.2) is 0 Å². The summed E-state index contributed by atoms with van der Waals surface area (Å²) < 4.78 is 5.02. The van der Waals surface area contributed by atoms with Crippen LogP contribution in [-0.4, -0.2) is 67.2 Å². The quantitative estimate of drug-likeness (QED) is 0.705. The van der Waals surface area contributed by atoms with E-state index in [0.29, 0.717) is 13.0 Å². The Bertz CT molecular complexity index is 297. The van der Waals surface area contributed by atoms with Crippen molar-refractivity contribution in [2.75, 3.05) is 45.9 Å². The molecule has 0 aliphatic carbocycles. The maximum Gasteiger partial charge on any atom is 0.325 e. The van der Waals surface area contributed by atoms with Crippen molar-refractivity contribution < 1.29 is 9.53 Å². The van der Waals surface area contributed by atoms with Gasteiger partial charge in [-0.25, -0.2) is 0 Å². The molecule has 0 radical (unpaired) electrons. The Morgan fingerprint density at radius 1 is 1.25 bits per heavy atom. The fourth-order valence-corrected chi connectivity index (χ4v) is 2.50. The van der Waals surface area contributed by atoms with E-state index in [2.05, 4.69) is 23.6 Å². The molecule has 0 aromatic heterocycles. The predicted molar refractivity (Wildman–Crippen MR) is 81.6 cm³/mol. The monoisotopic (exact) mass is 285 g/mol. The largest absolute Gasteiger partial charge is 0.465 e. The molecule has 0 aromatic carbocycles. The molecule has 1 heterocycles. The Morgan fingerprint density at radius 3 is 2.30 bits per heavy atom. The summed E-state index contributed by atoms with van der Waals surface area (Å²) in [5.74, 6) is 0.427. The average molecular weight is 285 g/mol. The smallest absolute Gasteiger partial charge is 0.325 e. The molecule has 0 amide bonds. The Morgan fingerprint density at radius 2 is 1.80 bits per heavy atom. The summed E-state index contributed by atoms with van der Waals surface area (Å²) in [4.78, 5) is 16.6. The number of carbonyl (C=O) groups excluding carboxylic acids is 1. The van der Waals surface area contributed by atoms with Gasteiger partial charge in [0.05, 0.1) is 6.61 Å². The number of hydrogen-bond donors (Lipinski definition) is 1. The number of rotatable bonds is 7. The van der Waals surface area contributed by atoms with Gasteiger partial charge in [-0.2, -0.15) is 0 Å². The van der Waals surface area contributed by atoms with Crippen LogP contribution in [0.25, 0.3) is 0 Å². The number of hydrogen-bond acceptors (Lipinski definition) is 5. The second-order valence-corrected chi connectivity index (χ2v) is 6.42. The molecule has 1 rings (SSSR count). The lowest BCUT2D eigenvalue weighted by atomic mass is 9.99. The van der Waals surface area contributed by atoms with Gasteiger partial charge >= 0.3 is 5.97 Å². The summed E-state index contributed by atoms with van der Waals surface area (Å²) in [6, 6.07) is 0. The Labute approximate surface area is 123 Å². The highest BCUT2D eigenvalue weighted by molar-refractivity contribution is 5.79. The van der Waals surface area contributed by atoms with Crippen LogP contribution in [-0.2, 0) is 9.53 Å². The van der Waals surface area contributed by atoms with Crippen LogP contribution >= 0.6 is 0 Å². The van der Waals surface area contributed by atoms with Crippen molar-refractivity contribution in [1.29, 1.82) is 0 Å². The van der Waals surface area contributed by atoms with Crippen molar-refractivity contribution in [3.05, 3.63) is 0 Å². The van der Waals surface area contributed by atoms with Crippen molar-refractivity contribution >= 4 is 5.97 Å². The topological polar surface area (TPSA) is 58.8 Å². The minimum atomic E-state index is -0.870. The second-order valence-electron chi connectivity index (χ2n) is 6.42. The molecule has 0 spiro atoms. The molecule has 20 heavy (non-hydrogen) atoms. The molecule has 0 aromatic rings. The number of piperazine rings is 1. The number of ether oxygens (including phenoxy) is 1. The van der Waals surface area contributed by atoms with E-state index in [1.807, 2.05) is 6.92 Å². The van der Waals surface area contributed by atoms with Gasteiger partial charge in [0.2, 0.25) is 0 Å². The third-order valence-corrected chi connectivity index (χ3v) is 3.78. The van der Waals surface area contributed by atoms with Crippen LogP contribution in [0.15, 0.2) is 0 Å². The average Bonchev–Trinajstić information content (AvgIpc) is 2.37. The Hall–Kier alpha value is -0.650. The van der Waals surface area contributed by atoms with Crippen molar-refractivity contribution in [1.82, 2.24) is 9.80 Å². The highest BCUT2D eigenvalue weighted by Crippen LogP contribution is 2.12. The molecule has 5 nitrogen and oxygen atoms in total. The van der Waals surface area contributed by atoms with E-state index in [4.69, 9.17) is 10.5 Å². The molecular formula is C15H31N3O2. The lowest BCUT2D eigenvalue weighted by Crippen LogP contribution is -2.52. The first-order valence-corrected chi connectivity index (χ1v) is 7.76. The van der Waals surface area contributed by atoms with Gasteiger partial charge in [-0.1, -0.05) is 13.8 Å². The molecule has 1 fully saturated rings. The minimum absolute atomic E-state index is 0.293. The molecule has 1 aliphatic heterocycles. The number of nitrogens with two attached hydrogens (primary N) is 1. The van der Waals surface area contributed by atoms with E-state index in [1.54, 1.807) is 6.92 Å². The summed E-state index contributed by atoms with van der Waals surface area (Å²) in [5, 5.41) is 0. The molecular weight excluding hydrogens is 254 g/mol. The van der Waals surface area contributed by atoms with Crippen molar-refractivity contribution in [2.45, 2.75) is 39.7 Å². The van der Waals surface area contributed by atoms with E-state index in [-0.39, 0.29) is 5.97 Å². The van der Waals surface area contributed by atoms with E-state index >= 15 is 0 Å². The number of carbonyl (C=O) groups is 1. The zero-order valence-electron chi connectivity index (χ0n) is 13.5. The highest BCUT2D eigenvalue weighted by atomic mass is 16.5. The standard InChI is InChI=1S/C15H31N3O2/c1-5-20-14(19)15(4,16)6-7-17-8-10-18(11-9-17)12-13(2)3/h13H,5-12,16H2,1-4H3. The van der Waals surface area contributed by atoms with Crippen LogP contribution in [0.4, 0.5) is 0 Å². The van der Waals surface area contributed by atoms with Gasteiger partial charge in [0.25, 0.3) is 0 Å². The van der Waals surface area contributed by atoms with Crippen LogP contribution in [0.3, 0.4) is 0 Å². The second kappa shape index (κ2) is 7.96. The summed E-state index contributed by atoms with van der Waals surface area (Å²) in [7, 11) is 0. The summed E-state index contributed by atoms with van der Waals surface area (Å²) >= 11 is 0. The van der Waals surface area contributed by atoms with Crippen LogP contribution in [0, 0.1) is 5.92 Å². The number of esters is 1. The number of nitrogens with zero attached hydrogens (tertiary/aromatic N) is 2. The van der Waals surface area contributed by atoms with Crippen molar-refractivity contribution in [3.8, 4) is 0 Å². The molecule has 0 bridgehead atoms. The molecule has 1 unspecified atom stereocenters. The molecule has 1 saturated heterocycles. The SMILES string of the molecule is CCOC(=O)C(C)(N)CCN1CCN(CC(C)C)CC1. The third-order valence-electron chi connectivity index (χ3n) is 3.78. The van der Waals surface area contributed by atoms with Crippen LogP contribution in [0.5, 0.6) is 0 Å². The summed E-state index contributed by atoms with van der Waals surface area (Å²) in [5.41, 5.74) is 5.18. The van der Waals surface area contributed by atoms with Crippen LogP contribution in [0.2, 0.25) is 0 Å². The van der Waals surface area contributed by atoms with E-state index in [1.165, 1.54) is 6.54 Å². The maximum atomic E-state index is 11.7. The first-order valence-electron chi connectivity index (χ1n) is 7.76. The fraction of sp³-hybridized carbons (Fsp3) is 0.933. The van der Waals surface area contributed by atoms with Gasteiger partial charge in [0.1, 0.15) is 5.54 Å². The normalized spacial score (nSPS) is 20.9. The molecule has 118 valence electrons. The molecule has 2 N–H and O–H groups in total. The summed E-state index contributed by atoms with van der Waals surface area (Å²) in [6.45, 7) is 14.8. The Balaban J connectivity index is 2.28. The summed E-state index contributed by atoms with van der Waals surface area (Å²) in [6.07, 6.45) is 0.649. The zero-order chi connectivity index (χ0) is 15.2. The first kappa shape index (κ1) is 17.4. The van der Waals surface area contributed by atoms with E-state index in [9.17, 15) is 4.79 Å². The predicted octanol–water partition coefficient (Wildman–Crippen LogP) is 0.931. The molecule has 5 heteroatoms. The Kier molecular flexibility index (Phi) is 6.92. The van der Waals surface area contributed by atoms with E-state index in [0.717, 1.165) is 38.6 Å². The van der Waals surface area contributed by atoms with Gasteiger partial charge < -0.3 is 20.3 Å². The van der Waals surface area contributed by atoms with Crippen LogP contribution < -0.4 is 5.73 Å². The first-order chi connectivity index (χ1) is 9.35. The van der Waals surface area contributed by atoms with Gasteiger partial charge in [-0.3, -0.25) is 4.79 Å². The molecule has 1 atom stereocenters. The lowest BCUT2D eigenvalue weighted by Gasteiger charge is -2.36.